The fraction of sp³-hybridized carbons (Fsp3) is 0.478. The number of halogens is 1. The second kappa shape index (κ2) is 11.4. The third kappa shape index (κ3) is 7.66. The first kappa shape index (κ1) is 21.8. The van der Waals surface area contributed by atoms with Crippen LogP contribution in [-0.2, 0) is 9.59 Å². The van der Waals surface area contributed by atoms with Crippen molar-refractivity contribution in [1.29, 1.82) is 0 Å². The van der Waals surface area contributed by atoms with Crippen LogP contribution in [0.4, 0.5) is 4.39 Å². The second-order valence-corrected chi connectivity index (χ2v) is 7.25. The lowest BCUT2D eigenvalue weighted by molar-refractivity contribution is -0.137. The summed E-state index contributed by atoms with van der Waals surface area (Å²) >= 11 is 0. The van der Waals surface area contributed by atoms with Gasteiger partial charge in [0.25, 0.3) is 0 Å². The highest BCUT2D eigenvalue weighted by molar-refractivity contribution is 5.94. The lowest BCUT2D eigenvalue weighted by Crippen LogP contribution is -2.17. The number of unbranched alkanes of at least 4 members (excludes halogenated alkanes) is 3. The van der Waals surface area contributed by atoms with Crippen LogP contribution in [0.2, 0.25) is 0 Å². The number of ketones is 1. The molecule has 5 heteroatoms. The fourth-order valence-corrected chi connectivity index (χ4v) is 3.49. The Balaban J connectivity index is 1.73. The van der Waals surface area contributed by atoms with Crippen molar-refractivity contribution in [2.24, 2.45) is 11.8 Å². The van der Waals surface area contributed by atoms with E-state index in [0.29, 0.717) is 24.8 Å². The van der Waals surface area contributed by atoms with Gasteiger partial charge < -0.3 is 10.2 Å². The molecule has 1 aromatic carbocycles. The SMILES string of the molecule is O=C(O)CCCCCCC1C(=O)C=CC1CCC(O)C#Cc1cccc(F)c1. The second-order valence-electron chi connectivity index (χ2n) is 7.25. The van der Waals surface area contributed by atoms with E-state index in [9.17, 15) is 19.1 Å². The molecule has 0 heterocycles. The van der Waals surface area contributed by atoms with Gasteiger partial charge in [0.05, 0.1) is 0 Å². The molecule has 28 heavy (non-hydrogen) atoms. The number of aliphatic hydroxyl groups excluding tert-OH is 1. The maximum absolute atomic E-state index is 13.1. The highest BCUT2D eigenvalue weighted by atomic mass is 19.1. The Hall–Kier alpha value is -2.45. The number of rotatable bonds is 10. The smallest absolute Gasteiger partial charge is 0.303 e. The maximum Gasteiger partial charge on any atom is 0.303 e. The minimum absolute atomic E-state index is 0.0529. The Kier molecular flexibility index (Phi) is 8.90. The molecule has 0 aromatic heterocycles. The molecule has 0 amide bonds. The van der Waals surface area contributed by atoms with E-state index in [1.54, 1.807) is 18.2 Å². The van der Waals surface area contributed by atoms with Crippen molar-refractivity contribution >= 4 is 11.8 Å². The molecule has 0 saturated heterocycles. The predicted octanol–water partition coefficient (Wildman–Crippen LogP) is 4.11. The number of carboxylic acids is 1. The summed E-state index contributed by atoms with van der Waals surface area (Å²) in [5, 5.41) is 18.7. The van der Waals surface area contributed by atoms with Crippen molar-refractivity contribution in [2.75, 3.05) is 0 Å². The van der Waals surface area contributed by atoms with E-state index in [2.05, 4.69) is 11.8 Å². The zero-order valence-electron chi connectivity index (χ0n) is 15.9. The standard InChI is InChI=1S/C23H27FO4/c24-19-7-5-6-17(16-19)10-13-20(25)14-11-18-12-15-22(26)21(18)8-3-1-2-4-9-23(27)28/h5-7,12,15-16,18,20-21,25H,1-4,8-9,11,14H2,(H,27,28). The van der Waals surface area contributed by atoms with E-state index in [0.717, 1.165) is 25.7 Å². The molecule has 3 unspecified atom stereocenters. The summed E-state index contributed by atoms with van der Waals surface area (Å²) in [5.41, 5.74) is 0.524. The van der Waals surface area contributed by atoms with Crippen molar-refractivity contribution in [1.82, 2.24) is 0 Å². The van der Waals surface area contributed by atoms with Gasteiger partial charge in [0, 0.05) is 17.9 Å². The van der Waals surface area contributed by atoms with Gasteiger partial charge in [-0.3, -0.25) is 9.59 Å². The normalized spacial score (nSPS) is 19.3. The summed E-state index contributed by atoms with van der Waals surface area (Å²) in [6.45, 7) is 0. The number of carbonyl (C=O) groups is 2. The Morgan fingerprint density at radius 1 is 1.18 bits per heavy atom. The Bertz CT molecular complexity index is 759. The van der Waals surface area contributed by atoms with E-state index >= 15 is 0 Å². The quantitative estimate of drug-likeness (QED) is 0.469. The average molecular weight is 386 g/mol. The minimum atomic E-state index is -0.816. The van der Waals surface area contributed by atoms with Gasteiger partial charge in [-0.15, -0.1) is 0 Å². The average Bonchev–Trinajstić information content (AvgIpc) is 3.01. The van der Waals surface area contributed by atoms with Gasteiger partial charge in [-0.05, 0) is 55.9 Å². The summed E-state index contributed by atoms with van der Waals surface area (Å²) in [4.78, 5) is 22.6. The number of benzene rings is 1. The molecule has 0 fully saturated rings. The van der Waals surface area contributed by atoms with Crippen LogP contribution in [0, 0.1) is 29.5 Å². The molecular formula is C23H27FO4. The van der Waals surface area contributed by atoms with Crippen molar-refractivity contribution in [3.05, 3.63) is 47.8 Å². The number of hydrogen-bond donors (Lipinski definition) is 2. The summed E-state index contributed by atoms with van der Waals surface area (Å²) < 4.78 is 13.1. The largest absolute Gasteiger partial charge is 0.481 e. The fourth-order valence-electron chi connectivity index (χ4n) is 3.49. The van der Waals surface area contributed by atoms with Crippen LogP contribution in [-0.4, -0.2) is 28.1 Å². The molecule has 1 aliphatic carbocycles. The molecule has 4 nitrogen and oxygen atoms in total. The van der Waals surface area contributed by atoms with Crippen molar-refractivity contribution in [3.63, 3.8) is 0 Å². The topological polar surface area (TPSA) is 74.6 Å². The van der Waals surface area contributed by atoms with Crippen LogP contribution in [0.25, 0.3) is 0 Å². The molecule has 0 bridgehead atoms. The molecular weight excluding hydrogens is 359 g/mol. The van der Waals surface area contributed by atoms with Crippen LogP contribution in [0.1, 0.15) is 56.9 Å². The van der Waals surface area contributed by atoms with E-state index < -0.39 is 12.1 Å². The number of aliphatic hydroxyl groups is 1. The van der Waals surface area contributed by atoms with Crippen LogP contribution >= 0.6 is 0 Å². The number of carbonyl (C=O) groups excluding carboxylic acids is 1. The number of carboxylic acid groups (broad SMARTS) is 1. The van der Waals surface area contributed by atoms with E-state index in [4.69, 9.17) is 5.11 Å². The molecule has 150 valence electrons. The van der Waals surface area contributed by atoms with Crippen molar-refractivity contribution < 1.29 is 24.2 Å². The van der Waals surface area contributed by atoms with Gasteiger partial charge in [-0.1, -0.05) is 43.2 Å². The zero-order chi connectivity index (χ0) is 20.4. The van der Waals surface area contributed by atoms with Crippen LogP contribution in [0.3, 0.4) is 0 Å². The molecule has 2 rings (SSSR count). The van der Waals surface area contributed by atoms with Gasteiger partial charge in [0.15, 0.2) is 5.78 Å². The number of aliphatic carboxylic acids is 1. The molecule has 2 N–H and O–H groups in total. The van der Waals surface area contributed by atoms with E-state index in [1.165, 1.54) is 12.1 Å². The molecule has 0 spiro atoms. The third-order valence-electron chi connectivity index (χ3n) is 5.03. The van der Waals surface area contributed by atoms with Gasteiger partial charge in [0.1, 0.15) is 11.9 Å². The van der Waals surface area contributed by atoms with Crippen LogP contribution in [0.5, 0.6) is 0 Å². The van der Waals surface area contributed by atoms with Crippen molar-refractivity contribution in [2.45, 2.75) is 57.5 Å². The van der Waals surface area contributed by atoms with Gasteiger partial charge in [-0.25, -0.2) is 4.39 Å². The summed E-state index contributed by atoms with van der Waals surface area (Å²) in [7, 11) is 0. The van der Waals surface area contributed by atoms with E-state index in [-0.39, 0.29) is 29.9 Å². The Morgan fingerprint density at radius 2 is 1.96 bits per heavy atom. The number of allylic oxidation sites excluding steroid dienone is 2. The summed E-state index contributed by atoms with van der Waals surface area (Å²) in [6, 6.07) is 5.93. The van der Waals surface area contributed by atoms with Gasteiger partial charge in [0.2, 0.25) is 0 Å². The first-order valence-corrected chi connectivity index (χ1v) is 9.84. The molecule has 0 saturated carbocycles. The molecule has 1 aliphatic rings. The summed E-state index contributed by atoms with van der Waals surface area (Å²) in [5.74, 6) is 4.57. The molecule has 1 aromatic rings. The van der Waals surface area contributed by atoms with Gasteiger partial charge >= 0.3 is 5.97 Å². The number of hydrogen-bond acceptors (Lipinski definition) is 3. The lowest BCUT2D eigenvalue weighted by Gasteiger charge is -2.18. The predicted molar refractivity (Wildman–Crippen MR) is 105 cm³/mol. The van der Waals surface area contributed by atoms with E-state index in [1.807, 2.05) is 6.08 Å². The first-order chi connectivity index (χ1) is 13.5. The Morgan fingerprint density at radius 3 is 2.71 bits per heavy atom. The maximum atomic E-state index is 13.1. The highest BCUT2D eigenvalue weighted by Gasteiger charge is 2.29. The lowest BCUT2D eigenvalue weighted by atomic mass is 9.86. The zero-order valence-corrected chi connectivity index (χ0v) is 15.9. The highest BCUT2D eigenvalue weighted by Crippen LogP contribution is 2.31. The Labute approximate surface area is 165 Å². The van der Waals surface area contributed by atoms with Crippen LogP contribution in [0.15, 0.2) is 36.4 Å². The summed E-state index contributed by atoms with van der Waals surface area (Å²) in [6.07, 6.45) is 8.20. The molecule has 0 radical (unpaired) electrons. The van der Waals surface area contributed by atoms with Gasteiger partial charge in [-0.2, -0.15) is 0 Å². The molecule has 0 aliphatic heterocycles. The first-order valence-electron chi connectivity index (χ1n) is 9.84. The monoisotopic (exact) mass is 386 g/mol. The van der Waals surface area contributed by atoms with Crippen LogP contribution < -0.4 is 0 Å². The molecule has 3 atom stereocenters. The third-order valence-corrected chi connectivity index (χ3v) is 5.03. The minimum Gasteiger partial charge on any atom is -0.481 e. The van der Waals surface area contributed by atoms with Crippen molar-refractivity contribution in [3.8, 4) is 11.8 Å².